The lowest BCUT2D eigenvalue weighted by molar-refractivity contribution is -0.115. The van der Waals surface area contributed by atoms with Gasteiger partial charge < -0.3 is 4.74 Å². The number of carbonyl (C=O) groups is 1. The van der Waals surface area contributed by atoms with Gasteiger partial charge in [-0.15, -0.1) is 0 Å². The van der Waals surface area contributed by atoms with Gasteiger partial charge in [0, 0.05) is 4.90 Å². The summed E-state index contributed by atoms with van der Waals surface area (Å²) in [7, 11) is 0. The van der Waals surface area contributed by atoms with Gasteiger partial charge in [0.05, 0.1) is 0 Å². The molecule has 0 bridgehead atoms. The molecule has 0 spiro atoms. The zero-order valence-corrected chi connectivity index (χ0v) is 12.3. The average molecular weight is 284 g/mol. The van der Waals surface area contributed by atoms with Gasteiger partial charge in [-0.3, -0.25) is 4.79 Å². The Morgan fingerprint density at radius 3 is 2.10 bits per heavy atom. The van der Waals surface area contributed by atoms with Crippen LogP contribution in [0.4, 0.5) is 0 Å². The third-order valence-corrected chi connectivity index (χ3v) is 5.03. The monoisotopic (exact) mass is 284 g/mol. The van der Waals surface area contributed by atoms with Gasteiger partial charge in [-0.2, -0.15) is 0 Å². The van der Waals surface area contributed by atoms with Gasteiger partial charge in [0.2, 0.25) is 5.12 Å². The Balaban J connectivity index is 1.80. The predicted octanol–water partition coefficient (Wildman–Crippen LogP) is 4.01. The molecule has 2 aromatic rings. The third kappa shape index (κ3) is 2.07. The standard InChI is InChI=1S/C17H16O2S/c1-16(13-9-5-3-6-10-13)17(2,19-16)15(18)20-14-11-7-4-8-12-14/h3-12H,1-2H3. The molecule has 2 aromatic carbocycles. The van der Waals surface area contributed by atoms with Gasteiger partial charge in [-0.25, -0.2) is 0 Å². The van der Waals surface area contributed by atoms with Crippen LogP contribution in [0.1, 0.15) is 19.4 Å². The largest absolute Gasteiger partial charge is 0.349 e. The first-order valence-electron chi connectivity index (χ1n) is 6.59. The maximum atomic E-state index is 12.5. The van der Waals surface area contributed by atoms with Crippen LogP contribution in [0, 0.1) is 0 Å². The fraction of sp³-hybridized carbons (Fsp3) is 0.235. The van der Waals surface area contributed by atoms with Crippen molar-refractivity contribution >= 4 is 16.9 Å². The van der Waals surface area contributed by atoms with Crippen molar-refractivity contribution in [3.63, 3.8) is 0 Å². The van der Waals surface area contributed by atoms with Crippen LogP contribution in [-0.4, -0.2) is 10.7 Å². The number of carbonyl (C=O) groups excluding carboxylic acids is 1. The molecule has 2 atom stereocenters. The predicted molar refractivity (Wildman–Crippen MR) is 80.6 cm³/mol. The highest BCUT2D eigenvalue weighted by Gasteiger charge is 2.69. The molecule has 0 amide bonds. The molecule has 3 rings (SSSR count). The number of epoxide rings is 1. The molecule has 102 valence electrons. The van der Waals surface area contributed by atoms with E-state index in [0.717, 1.165) is 10.5 Å². The number of hydrogen-bond donors (Lipinski definition) is 0. The van der Waals surface area contributed by atoms with Gasteiger partial charge in [0.25, 0.3) is 0 Å². The Morgan fingerprint density at radius 2 is 1.50 bits per heavy atom. The van der Waals surface area contributed by atoms with E-state index < -0.39 is 11.2 Å². The van der Waals surface area contributed by atoms with Crippen LogP contribution in [0.25, 0.3) is 0 Å². The molecule has 1 aliphatic heterocycles. The van der Waals surface area contributed by atoms with Crippen LogP contribution in [0.2, 0.25) is 0 Å². The summed E-state index contributed by atoms with van der Waals surface area (Å²) in [6, 6.07) is 19.6. The van der Waals surface area contributed by atoms with Crippen LogP contribution in [0.15, 0.2) is 65.6 Å². The van der Waals surface area contributed by atoms with Crippen molar-refractivity contribution in [2.75, 3.05) is 0 Å². The van der Waals surface area contributed by atoms with E-state index >= 15 is 0 Å². The van der Waals surface area contributed by atoms with Gasteiger partial charge >= 0.3 is 0 Å². The molecular formula is C17H16O2S. The average Bonchev–Trinajstić information content (AvgIpc) is 3.06. The van der Waals surface area contributed by atoms with Crippen molar-refractivity contribution in [2.24, 2.45) is 0 Å². The van der Waals surface area contributed by atoms with Crippen molar-refractivity contribution in [3.8, 4) is 0 Å². The number of ether oxygens (including phenoxy) is 1. The summed E-state index contributed by atoms with van der Waals surface area (Å²) in [6.07, 6.45) is 0. The second kappa shape index (κ2) is 4.76. The molecule has 0 aromatic heterocycles. The first kappa shape index (κ1) is 13.4. The second-order valence-corrected chi connectivity index (χ2v) is 6.28. The summed E-state index contributed by atoms with van der Waals surface area (Å²) in [5, 5.41) is 0.0510. The van der Waals surface area contributed by atoms with Gasteiger partial charge in [0.1, 0.15) is 5.60 Å². The highest BCUT2D eigenvalue weighted by Crippen LogP contribution is 2.57. The lowest BCUT2D eigenvalue weighted by Crippen LogP contribution is -2.25. The maximum Gasteiger partial charge on any atom is 0.228 e. The number of rotatable bonds is 3. The van der Waals surface area contributed by atoms with E-state index in [1.807, 2.05) is 74.5 Å². The smallest absolute Gasteiger partial charge is 0.228 e. The SMILES string of the molecule is CC1(C(=O)Sc2ccccc2)OC1(C)c1ccccc1. The first-order chi connectivity index (χ1) is 9.56. The molecule has 2 unspecified atom stereocenters. The van der Waals surface area contributed by atoms with Crippen molar-refractivity contribution in [3.05, 3.63) is 66.2 Å². The Hall–Kier alpha value is -1.58. The number of hydrogen-bond acceptors (Lipinski definition) is 3. The van der Waals surface area contributed by atoms with E-state index in [1.165, 1.54) is 11.8 Å². The zero-order valence-electron chi connectivity index (χ0n) is 11.5. The number of benzene rings is 2. The molecule has 1 aliphatic rings. The minimum Gasteiger partial charge on any atom is -0.349 e. The third-order valence-electron chi connectivity index (χ3n) is 3.94. The minimum absolute atomic E-state index is 0.0510. The summed E-state index contributed by atoms with van der Waals surface area (Å²) in [5.74, 6) is 0. The normalized spacial score (nSPS) is 28.1. The van der Waals surface area contributed by atoms with E-state index in [0.29, 0.717) is 0 Å². The summed E-state index contributed by atoms with van der Waals surface area (Å²) in [4.78, 5) is 13.5. The van der Waals surface area contributed by atoms with Crippen LogP contribution in [0.3, 0.4) is 0 Å². The van der Waals surface area contributed by atoms with Crippen LogP contribution >= 0.6 is 11.8 Å². The van der Waals surface area contributed by atoms with Crippen molar-refractivity contribution in [1.82, 2.24) is 0 Å². The van der Waals surface area contributed by atoms with Gasteiger partial charge in [0.15, 0.2) is 5.60 Å². The molecular weight excluding hydrogens is 268 g/mol. The summed E-state index contributed by atoms with van der Waals surface area (Å²) in [6.45, 7) is 3.85. The van der Waals surface area contributed by atoms with Gasteiger partial charge in [-0.05, 0) is 43.3 Å². The maximum absolute atomic E-state index is 12.5. The lowest BCUT2D eigenvalue weighted by atomic mass is 9.90. The fourth-order valence-electron chi connectivity index (χ4n) is 2.40. The zero-order chi connectivity index (χ0) is 14.2. The quantitative estimate of drug-likeness (QED) is 0.630. The van der Waals surface area contributed by atoms with E-state index in [1.54, 1.807) is 0 Å². The Bertz CT molecular complexity index is 626. The van der Waals surface area contributed by atoms with E-state index in [4.69, 9.17) is 4.74 Å². The highest BCUT2D eigenvalue weighted by molar-refractivity contribution is 8.13. The Morgan fingerprint density at radius 1 is 0.950 bits per heavy atom. The van der Waals surface area contributed by atoms with E-state index in [2.05, 4.69) is 0 Å². The highest BCUT2D eigenvalue weighted by atomic mass is 32.2. The Labute approximate surface area is 123 Å². The molecule has 1 heterocycles. The minimum atomic E-state index is -0.755. The molecule has 0 saturated carbocycles. The first-order valence-corrected chi connectivity index (χ1v) is 7.41. The fourth-order valence-corrected chi connectivity index (χ4v) is 3.34. The molecule has 0 aliphatic carbocycles. The number of thioether (sulfide) groups is 1. The van der Waals surface area contributed by atoms with Crippen LogP contribution < -0.4 is 0 Å². The van der Waals surface area contributed by atoms with Crippen molar-refractivity contribution in [2.45, 2.75) is 29.9 Å². The van der Waals surface area contributed by atoms with Crippen molar-refractivity contribution < 1.29 is 9.53 Å². The summed E-state index contributed by atoms with van der Waals surface area (Å²) in [5.41, 5.74) is -0.230. The molecule has 1 saturated heterocycles. The summed E-state index contributed by atoms with van der Waals surface area (Å²) < 4.78 is 5.84. The second-order valence-electron chi connectivity index (χ2n) is 5.24. The molecule has 20 heavy (non-hydrogen) atoms. The molecule has 0 radical (unpaired) electrons. The van der Waals surface area contributed by atoms with Crippen LogP contribution in [-0.2, 0) is 15.1 Å². The lowest BCUT2D eigenvalue weighted by Gasteiger charge is -2.11. The van der Waals surface area contributed by atoms with Crippen molar-refractivity contribution in [1.29, 1.82) is 0 Å². The topological polar surface area (TPSA) is 29.6 Å². The molecule has 3 heteroatoms. The molecule has 2 nitrogen and oxygen atoms in total. The van der Waals surface area contributed by atoms with E-state index in [9.17, 15) is 4.79 Å². The molecule has 1 fully saturated rings. The van der Waals surface area contributed by atoms with Crippen LogP contribution in [0.5, 0.6) is 0 Å². The molecule has 0 N–H and O–H groups in total. The summed E-state index contributed by atoms with van der Waals surface area (Å²) >= 11 is 1.25. The van der Waals surface area contributed by atoms with Gasteiger partial charge in [-0.1, -0.05) is 48.5 Å². The van der Waals surface area contributed by atoms with E-state index in [-0.39, 0.29) is 5.12 Å². The Kier molecular flexibility index (Phi) is 3.19.